The third-order valence-electron chi connectivity index (χ3n) is 3.84. The van der Waals surface area contributed by atoms with Crippen LogP contribution in [0.3, 0.4) is 0 Å². The van der Waals surface area contributed by atoms with Crippen LogP contribution in [0, 0.1) is 0 Å². The normalized spacial score (nSPS) is 12.5. The van der Waals surface area contributed by atoms with Crippen LogP contribution < -0.4 is 5.32 Å². The van der Waals surface area contributed by atoms with E-state index >= 15 is 0 Å². The fourth-order valence-corrected chi connectivity index (χ4v) is 2.59. The van der Waals surface area contributed by atoms with Crippen LogP contribution in [0.25, 0.3) is 0 Å². The number of quaternary nitrogens is 1. The highest BCUT2D eigenvalue weighted by Gasteiger charge is 2.30. The van der Waals surface area contributed by atoms with Crippen LogP contribution in [-0.4, -0.2) is 13.6 Å². The van der Waals surface area contributed by atoms with Gasteiger partial charge in [0.05, 0.1) is 19.2 Å². The van der Waals surface area contributed by atoms with E-state index in [0.29, 0.717) is 5.92 Å². The maximum atomic E-state index is 12.6. The van der Waals surface area contributed by atoms with Crippen molar-refractivity contribution < 1.29 is 18.5 Å². The van der Waals surface area contributed by atoms with Crippen molar-refractivity contribution >= 4 is 12.4 Å². The van der Waals surface area contributed by atoms with Crippen LogP contribution in [0.4, 0.5) is 13.2 Å². The predicted molar refractivity (Wildman–Crippen MR) is 88.9 cm³/mol. The first kappa shape index (κ1) is 19.5. The zero-order valence-electron chi connectivity index (χ0n) is 13.0. The third kappa shape index (κ3) is 5.88. The summed E-state index contributed by atoms with van der Waals surface area (Å²) in [5.74, 6) is 0.328. The molecule has 2 aromatic carbocycles. The first-order valence-electron chi connectivity index (χ1n) is 7.49. The standard InChI is InChI=1S/C18H20F3N.ClH/c1-22-12-11-16(15-5-3-2-4-6-15)13-14-7-9-17(10-8-14)18(19,20)21;/h2-10,16,22H,11-13H2,1H3;1H/p+1. The molecule has 0 saturated carbocycles. The number of hydrogen-bond acceptors (Lipinski definition) is 0. The maximum Gasteiger partial charge on any atom is 0.416 e. The van der Waals surface area contributed by atoms with Gasteiger partial charge in [0, 0.05) is 6.42 Å². The average molecular weight is 345 g/mol. The van der Waals surface area contributed by atoms with Gasteiger partial charge < -0.3 is 5.32 Å². The van der Waals surface area contributed by atoms with Gasteiger partial charge in [0.15, 0.2) is 0 Å². The molecular formula is C18H22ClF3N+. The highest BCUT2D eigenvalue weighted by atomic mass is 35.5. The van der Waals surface area contributed by atoms with Gasteiger partial charge in [-0.2, -0.15) is 13.2 Å². The monoisotopic (exact) mass is 344 g/mol. The molecule has 0 radical (unpaired) electrons. The van der Waals surface area contributed by atoms with E-state index in [1.54, 1.807) is 12.1 Å². The summed E-state index contributed by atoms with van der Waals surface area (Å²) in [4.78, 5) is 0. The van der Waals surface area contributed by atoms with Crippen molar-refractivity contribution in [2.24, 2.45) is 0 Å². The first-order chi connectivity index (χ1) is 10.5. The minimum absolute atomic E-state index is 0. The zero-order chi connectivity index (χ0) is 16.0. The van der Waals surface area contributed by atoms with Crippen molar-refractivity contribution in [3.8, 4) is 0 Å². The smallest absolute Gasteiger partial charge is 0.349 e. The molecule has 2 aromatic rings. The zero-order valence-corrected chi connectivity index (χ0v) is 13.8. The number of halogens is 4. The summed E-state index contributed by atoms with van der Waals surface area (Å²) < 4.78 is 37.8. The van der Waals surface area contributed by atoms with Gasteiger partial charge in [0.25, 0.3) is 0 Å². The molecule has 126 valence electrons. The highest BCUT2D eigenvalue weighted by Crippen LogP contribution is 2.30. The molecule has 0 saturated heterocycles. The summed E-state index contributed by atoms with van der Waals surface area (Å²) in [6, 6.07) is 15.7. The Kier molecular flexibility index (Phi) is 7.59. The summed E-state index contributed by atoms with van der Waals surface area (Å²) in [6.07, 6.45) is -2.51. The van der Waals surface area contributed by atoms with E-state index < -0.39 is 11.7 Å². The Hall–Kier alpha value is -1.52. The molecule has 0 amide bonds. The lowest BCUT2D eigenvalue weighted by molar-refractivity contribution is -0.627. The largest absolute Gasteiger partial charge is 0.416 e. The molecule has 0 aliphatic carbocycles. The van der Waals surface area contributed by atoms with Gasteiger partial charge in [-0.3, -0.25) is 0 Å². The minimum atomic E-state index is -4.27. The molecule has 0 spiro atoms. The molecule has 0 aromatic heterocycles. The van der Waals surface area contributed by atoms with Crippen LogP contribution >= 0.6 is 12.4 Å². The summed E-state index contributed by atoms with van der Waals surface area (Å²) in [7, 11) is 2.03. The van der Waals surface area contributed by atoms with Gasteiger partial charge in [-0.15, -0.1) is 12.4 Å². The van der Waals surface area contributed by atoms with E-state index in [0.717, 1.165) is 24.9 Å². The van der Waals surface area contributed by atoms with E-state index in [2.05, 4.69) is 17.4 Å². The predicted octanol–water partition coefficient (Wildman–Crippen LogP) is 4.04. The van der Waals surface area contributed by atoms with Gasteiger partial charge in [0.1, 0.15) is 0 Å². The lowest BCUT2D eigenvalue weighted by Gasteiger charge is -2.17. The van der Waals surface area contributed by atoms with Crippen molar-refractivity contribution in [3.63, 3.8) is 0 Å². The molecule has 0 aliphatic rings. The number of alkyl halides is 3. The van der Waals surface area contributed by atoms with Crippen molar-refractivity contribution in [1.82, 2.24) is 0 Å². The van der Waals surface area contributed by atoms with Crippen LogP contribution in [0.2, 0.25) is 0 Å². The van der Waals surface area contributed by atoms with E-state index in [-0.39, 0.29) is 12.4 Å². The average Bonchev–Trinajstić information content (AvgIpc) is 2.52. The summed E-state index contributed by atoms with van der Waals surface area (Å²) in [5.41, 5.74) is 1.59. The van der Waals surface area contributed by atoms with E-state index in [4.69, 9.17) is 0 Å². The van der Waals surface area contributed by atoms with Crippen LogP contribution in [0.1, 0.15) is 29.0 Å². The number of hydrogen-bond donors (Lipinski definition) is 1. The summed E-state index contributed by atoms with van der Waals surface area (Å²) in [5, 5.41) is 2.13. The van der Waals surface area contributed by atoms with Crippen LogP contribution in [-0.2, 0) is 12.6 Å². The lowest BCUT2D eigenvalue weighted by Crippen LogP contribution is -2.79. The van der Waals surface area contributed by atoms with Crippen LogP contribution in [0.15, 0.2) is 54.6 Å². The molecule has 23 heavy (non-hydrogen) atoms. The quantitative estimate of drug-likeness (QED) is 0.814. The summed E-state index contributed by atoms with van der Waals surface area (Å²) >= 11 is 0. The molecular weight excluding hydrogens is 323 g/mol. The second kappa shape index (κ2) is 8.94. The van der Waals surface area contributed by atoms with Crippen molar-refractivity contribution in [2.45, 2.75) is 24.9 Å². The first-order valence-corrected chi connectivity index (χ1v) is 7.49. The van der Waals surface area contributed by atoms with Crippen molar-refractivity contribution in [2.75, 3.05) is 13.6 Å². The molecule has 5 heteroatoms. The Morgan fingerprint density at radius 1 is 0.957 bits per heavy atom. The van der Waals surface area contributed by atoms with E-state index in [1.807, 2.05) is 25.2 Å². The minimum Gasteiger partial charge on any atom is -0.349 e. The van der Waals surface area contributed by atoms with Crippen molar-refractivity contribution in [1.29, 1.82) is 0 Å². The number of rotatable bonds is 6. The van der Waals surface area contributed by atoms with Gasteiger partial charge in [0.2, 0.25) is 0 Å². The lowest BCUT2D eigenvalue weighted by atomic mass is 9.89. The SMILES string of the molecule is C[NH2+]CCC(Cc1ccc(C(F)(F)F)cc1)c1ccccc1.Cl. The third-order valence-corrected chi connectivity index (χ3v) is 3.84. The fourth-order valence-electron chi connectivity index (χ4n) is 2.59. The van der Waals surface area contributed by atoms with Gasteiger partial charge in [-0.1, -0.05) is 42.5 Å². The summed E-state index contributed by atoms with van der Waals surface area (Å²) in [6.45, 7) is 1.00. The maximum absolute atomic E-state index is 12.6. The molecule has 1 nitrogen and oxygen atoms in total. The second-order valence-electron chi connectivity index (χ2n) is 5.49. The van der Waals surface area contributed by atoms with E-state index in [9.17, 15) is 13.2 Å². The van der Waals surface area contributed by atoms with Gasteiger partial charge in [-0.05, 0) is 35.6 Å². The van der Waals surface area contributed by atoms with Gasteiger partial charge >= 0.3 is 6.18 Å². The molecule has 1 atom stereocenters. The topological polar surface area (TPSA) is 16.6 Å². The number of benzene rings is 2. The molecule has 1 unspecified atom stereocenters. The Labute approximate surface area is 141 Å². The molecule has 2 N–H and O–H groups in total. The highest BCUT2D eigenvalue weighted by molar-refractivity contribution is 5.85. The fraction of sp³-hybridized carbons (Fsp3) is 0.333. The Morgan fingerprint density at radius 2 is 1.57 bits per heavy atom. The Morgan fingerprint density at radius 3 is 2.09 bits per heavy atom. The number of nitrogens with two attached hydrogens (primary N) is 1. The van der Waals surface area contributed by atoms with Gasteiger partial charge in [-0.25, -0.2) is 0 Å². The van der Waals surface area contributed by atoms with E-state index in [1.165, 1.54) is 17.7 Å². The molecule has 0 aliphatic heterocycles. The van der Waals surface area contributed by atoms with Crippen molar-refractivity contribution in [3.05, 3.63) is 71.3 Å². The van der Waals surface area contributed by atoms with Crippen LogP contribution in [0.5, 0.6) is 0 Å². The molecule has 0 fully saturated rings. The second-order valence-corrected chi connectivity index (χ2v) is 5.49. The molecule has 2 rings (SSSR count). The Balaban J connectivity index is 0.00000264. The molecule has 0 heterocycles. The Bertz CT molecular complexity index is 567. The molecule has 0 bridgehead atoms.